The second-order valence-corrected chi connectivity index (χ2v) is 8.89. The Balaban J connectivity index is 1.38. The van der Waals surface area contributed by atoms with Crippen LogP contribution in [0, 0.1) is 18.6 Å². The van der Waals surface area contributed by atoms with Crippen molar-refractivity contribution in [1.82, 2.24) is 14.9 Å². The molecule has 3 aromatic rings. The standard InChI is InChI=1S/C27H32F2N4O2/c1-3-26-25(16-20-5-4-6-22(29)15-20)27(31-19(2)30-26)33-13-11-32(12-14-33)17-23(34)18-35-24-9-7-21(28)8-10-24/h4-10,15,23,34H,3,11-14,16-18H2,1-2H3. The summed E-state index contributed by atoms with van der Waals surface area (Å²) in [5.74, 6) is 1.62. The van der Waals surface area contributed by atoms with Crippen LogP contribution < -0.4 is 9.64 Å². The van der Waals surface area contributed by atoms with Gasteiger partial charge in [-0.1, -0.05) is 19.1 Å². The lowest BCUT2D eigenvalue weighted by atomic mass is 10.0. The molecule has 35 heavy (non-hydrogen) atoms. The fourth-order valence-corrected chi connectivity index (χ4v) is 4.44. The van der Waals surface area contributed by atoms with Gasteiger partial charge in [0.05, 0.1) is 0 Å². The van der Waals surface area contributed by atoms with Gasteiger partial charge in [-0.2, -0.15) is 0 Å². The summed E-state index contributed by atoms with van der Waals surface area (Å²) in [7, 11) is 0. The van der Waals surface area contributed by atoms with Crippen LogP contribution in [-0.4, -0.2) is 65.4 Å². The van der Waals surface area contributed by atoms with E-state index in [4.69, 9.17) is 9.72 Å². The Kier molecular flexibility index (Phi) is 8.25. The number of β-amino-alcohol motifs (C(OH)–C–C–N with tert-alkyl or cyclic N) is 1. The predicted molar refractivity (Wildman–Crippen MR) is 132 cm³/mol. The molecule has 1 atom stereocenters. The fraction of sp³-hybridized carbons (Fsp3) is 0.407. The molecule has 1 saturated heterocycles. The molecule has 8 heteroatoms. The molecule has 4 rings (SSSR count). The number of hydrogen-bond acceptors (Lipinski definition) is 6. The molecular weight excluding hydrogens is 450 g/mol. The maximum absolute atomic E-state index is 13.8. The lowest BCUT2D eigenvalue weighted by molar-refractivity contribution is 0.0662. The molecule has 0 saturated carbocycles. The van der Waals surface area contributed by atoms with Gasteiger partial charge >= 0.3 is 0 Å². The number of aliphatic hydroxyl groups excluding tert-OH is 1. The molecule has 6 nitrogen and oxygen atoms in total. The summed E-state index contributed by atoms with van der Waals surface area (Å²) < 4.78 is 32.4. The van der Waals surface area contributed by atoms with Crippen molar-refractivity contribution < 1.29 is 18.6 Å². The molecule has 1 aliphatic heterocycles. The summed E-state index contributed by atoms with van der Waals surface area (Å²) in [6.07, 6.45) is 0.709. The Morgan fingerprint density at radius 3 is 2.43 bits per heavy atom. The highest BCUT2D eigenvalue weighted by Crippen LogP contribution is 2.26. The minimum atomic E-state index is -0.650. The van der Waals surface area contributed by atoms with Crippen molar-refractivity contribution in [3.8, 4) is 5.75 Å². The van der Waals surface area contributed by atoms with Gasteiger partial charge < -0.3 is 14.7 Å². The van der Waals surface area contributed by atoms with Gasteiger partial charge in [0.2, 0.25) is 0 Å². The topological polar surface area (TPSA) is 61.7 Å². The van der Waals surface area contributed by atoms with Gasteiger partial charge in [-0.25, -0.2) is 18.7 Å². The molecule has 0 radical (unpaired) electrons. The number of nitrogens with zero attached hydrogens (tertiary/aromatic N) is 4. The Morgan fingerprint density at radius 2 is 1.74 bits per heavy atom. The fourth-order valence-electron chi connectivity index (χ4n) is 4.44. The first-order valence-corrected chi connectivity index (χ1v) is 12.1. The summed E-state index contributed by atoms with van der Waals surface area (Å²) in [5, 5.41) is 10.4. The number of hydrogen-bond donors (Lipinski definition) is 1. The molecular formula is C27H32F2N4O2. The van der Waals surface area contributed by atoms with E-state index in [1.807, 2.05) is 13.0 Å². The van der Waals surface area contributed by atoms with Crippen LogP contribution in [0.2, 0.25) is 0 Å². The Labute approximate surface area is 205 Å². The molecule has 186 valence electrons. The molecule has 0 spiro atoms. The second kappa shape index (κ2) is 11.6. The van der Waals surface area contributed by atoms with Gasteiger partial charge in [0.25, 0.3) is 0 Å². The zero-order valence-electron chi connectivity index (χ0n) is 20.3. The van der Waals surface area contributed by atoms with Crippen LogP contribution in [0.25, 0.3) is 0 Å². The SMILES string of the molecule is CCc1nc(C)nc(N2CCN(CC(O)COc3ccc(F)cc3)CC2)c1Cc1cccc(F)c1. The number of aliphatic hydroxyl groups is 1. The van der Waals surface area contributed by atoms with E-state index in [9.17, 15) is 13.9 Å². The molecule has 1 aliphatic rings. The van der Waals surface area contributed by atoms with Crippen LogP contribution in [0.5, 0.6) is 5.75 Å². The average Bonchev–Trinajstić information content (AvgIpc) is 2.85. The lowest BCUT2D eigenvalue weighted by Crippen LogP contribution is -2.49. The van der Waals surface area contributed by atoms with E-state index in [0.29, 0.717) is 18.7 Å². The third-order valence-electron chi connectivity index (χ3n) is 6.18. The van der Waals surface area contributed by atoms with Gasteiger partial charge in [0, 0.05) is 50.4 Å². The third-order valence-corrected chi connectivity index (χ3v) is 6.18. The van der Waals surface area contributed by atoms with Crippen LogP contribution in [0.4, 0.5) is 14.6 Å². The van der Waals surface area contributed by atoms with Crippen molar-refractivity contribution in [3.63, 3.8) is 0 Å². The number of anilines is 1. The summed E-state index contributed by atoms with van der Waals surface area (Å²) in [6.45, 7) is 7.71. The smallest absolute Gasteiger partial charge is 0.136 e. The van der Waals surface area contributed by atoms with E-state index in [2.05, 4.69) is 21.7 Å². The number of aryl methyl sites for hydroxylation is 2. The van der Waals surface area contributed by atoms with E-state index < -0.39 is 6.10 Å². The first-order chi connectivity index (χ1) is 16.9. The minimum Gasteiger partial charge on any atom is -0.491 e. The first kappa shape index (κ1) is 25.0. The van der Waals surface area contributed by atoms with E-state index >= 15 is 0 Å². The van der Waals surface area contributed by atoms with Gasteiger partial charge in [0.15, 0.2) is 0 Å². The normalized spacial score (nSPS) is 15.3. The summed E-state index contributed by atoms with van der Waals surface area (Å²) in [6, 6.07) is 12.5. The molecule has 1 fully saturated rings. The largest absolute Gasteiger partial charge is 0.491 e. The van der Waals surface area contributed by atoms with Gasteiger partial charge in [0.1, 0.15) is 41.7 Å². The molecule has 0 aliphatic carbocycles. The van der Waals surface area contributed by atoms with Crippen molar-refractivity contribution in [2.24, 2.45) is 0 Å². The maximum atomic E-state index is 13.8. The molecule has 0 amide bonds. The van der Waals surface area contributed by atoms with Crippen molar-refractivity contribution in [1.29, 1.82) is 0 Å². The number of piperazine rings is 1. The lowest BCUT2D eigenvalue weighted by Gasteiger charge is -2.37. The van der Waals surface area contributed by atoms with Crippen LogP contribution in [0.3, 0.4) is 0 Å². The van der Waals surface area contributed by atoms with Crippen LogP contribution >= 0.6 is 0 Å². The summed E-state index contributed by atoms with van der Waals surface area (Å²) in [5.41, 5.74) is 2.94. The summed E-state index contributed by atoms with van der Waals surface area (Å²) >= 11 is 0. The number of ether oxygens (including phenoxy) is 1. The van der Waals surface area contributed by atoms with Crippen LogP contribution in [-0.2, 0) is 12.8 Å². The number of benzene rings is 2. The first-order valence-electron chi connectivity index (χ1n) is 12.1. The van der Waals surface area contributed by atoms with Crippen molar-refractivity contribution in [3.05, 3.63) is 82.8 Å². The average molecular weight is 483 g/mol. The monoisotopic (exact) mass is 482 g/mol. The highest BCUT2D eigenvalue weighted by atomic mass is 19.1. The number of rotatable bonds is 9. The van der Waals surface area contributed by atoms with Crippen LogP contribution in [0.15, 0.2) is 48.5 Å². The maximum Gasteiger partial charge on any atom is 0.136 e. The second-order valence-electron chi connectivity index (χ2n) is 8.89. The van der Waals surface area contributed by atoms with E-state index in [-0.39, 0.29) is 18.2 Å². The molecule has 2 aromatic carbocycles. The van der Waals surface area contributed by atoms with E-state index in [1.165, 1.54) is 18.2 Å². The van der Waals surface area contributed by atoms with E-state index in [1.54, 1.807) is 24.3 Å². The van der Waals surface area contributed by atoms with Crippen molar-refractivity contribution in [2.75, 3.05) is 44.2 Å². The third kappa shape index (κ3) is 6.74. The number of halogens is 2. The van der Waals surface area contributed by atoms with Crippen molar-refractivity contribution in [2.45, 2.75) is 32.8 Å². The zero-order chi connectivity index (χ0) is 24.8. The highest BCUT2D eigenvalue weighted by Gasteiger charge is 2.24. The Bertz CT molecular complexity index is 1120. The zero-order valence-corrected chi connectivity index (χ0v) is 20.3. The Morgan fingerprint density at radius 1 is 1.00 bits per heavy atom. The quantitative estimate of drug-likeness (QED) is 0.501. The highest BCUT2D eigenvalue weighted by molar-refractivity contribution is 5.52. The molecule has 0 bridgehead atoms. The van der Waals surface area contributed by atoms with E-state index in [0.717, 1.165) is 61.1 Å². The molecule has 1 aromatic heterocycles. The van der Waals surface area contributed by atoms with Gasteiger partial charge in [-0.3, -0.25) is 4.90 Å². The molecule has 2 heterocycles. The van der Waals surface area contributed by atoms with Crippen LogP contribution in [0.1, 0.15) is 29.6 Å². The summed E-state index contributed by atoms with van der Waals surface area (Å²) in [4.78, 5) is 13.9. The minimum absolute atomic E-state index is 0.147. The Hall–Kier alpha value is -3.10. The molecule has 1 unspecified atom stereocenters. The molecule has 1 N–H and O–H groups in total. The predicted octanol–water partition coefficient (Wildman–Crippen LogP) is 3.78. The van der Waals surface area contributed by atoms with Crippen molar-refractivity contribution >= 4 is 5.82 Å². The van der Waals surface area contributed by atoms with Gasteiger partial charge in [-0.05, 0) is 55.3 Å². The van der Waals surface area contributed by atoms with Gasteiger partial charge in [-0.15, -0.1) is 0 Å². The number of aromatic nitrogens is 2.